The summed E-state index contributed by atoms with van der Waals surface area (Å²) >= 11 is 0. The Morgan fingerprint density at radius 3 is 2.85 bits per heavy atom. The van der Waals surface area contributed by atoms with Gasteiger partial charge in [0.15, 0.2) is 0 Å². The molecule has 1 aromatic heterocycles. The molecule has 0 aliphatic heterocycles. The van der Waals surface area contributed by atoms with Gasteiger partial charge in [-0.15, -0.1) is 0 Å². The second-order valence-corrected chi connectivity index (χ2v) is 4.40. The van der Waals surface area contributed by atoms with E-state index in [0.29, 0.717) is 12.3 Å². The van der Waals surface area contributed by atoms with E-state index in [1.165, 1.54) is 6.08 Å². The van der Waals surface area contributed by atoms with Crippen molar-refractivity contribution in [3.8, 4) is 5.75 Å². The Balaban J connectivity index is 2.26. The Bertz CT molecular complexity index is 644. The van der Waals surface area contributed by atoms with E-state index in [4.69, 9.17) is 9.84 Å². The zero-order valence-corrected chi connectivity index (χ0v) is 11.4. The maximum absolute atomic E-state index is 10.6. The molecule has 1 N–H and O–H groups in total. The van der Waals surface area contributed by atoms with Gasteiger partial charge in [-0.3, -0.25) is 4.68 Å². The van der Waals surface area contributed by atoms with Gasteiger partial charge in [0, 0.05) is 17.8 Å². The summed E-state index contributed by atoms with van der Waals surface area (Å²) in [5, 5.41) is 13.0. The lowest BCUT2D eigenvalue weighted by atomic mass is 10.1. The third kappa shape index (κ3) is 3.47. The summed E-state index contributed by atoms with van der Waals surface area (Å²) in [6, 6.07) is 7.60. The molecule has 0 fully saturated rings. The first-order valence-corrected chi connectivity index (χ1v) is 6.16. The molecule has 0 saturated carbocycles. The van der Waals surface area contributed by atoms with Crippen molar-refractivity contribution in [3.63, 3.8) is 0 Å². The fraction of sp³-hybridized carbons (Fsp3) is 0.200. The van der Waals surface area contributed by atoms with Gasteiger partial charge in [-0.05, 0) is 36.8 Å². The predicted molar refractivity (Wildman–Crippen MR) is 75.7 cm³/mol. The number of carbonyl (C=O) groups is 1. The van der Waals surface area contributed by atoms with Crippen LogP contribution in [0.4, 0.5) is 0 Å². The molecule has 0 aliphatic carbocycles. The zero-order chi connectivity index (χ0) is 14.5. The van der Waals surface area contributed by atoms with Gasteiger partial charge < -0.3 is 9.84 Å². The van der Waals surface area contributed by atoms with E-state index in [1.54, 1.807) is 7.11 Å². The number of ether oxygens (including phenoxy) is 1. The van der Waals surface area contributed by atoms with Crippen LogP contribution in [0.5, 0.6) is 5.75 Å². The Morgan fingerprint density at radius 2 is 2.25 bits per heavy atom. The maximum atomic E-state index is 10.6. The van der Waals surface area contributed by atoms with Crippen molar-refractivity contribution >= 4 is 12.0 Å². The molecule has 0 atom stereocenters. The van der Waals surface area contributed by atoms with Crippen molar-refractivity contribution in [2.75, 3.05) is 7.11 Å². The number of aliphatic carboxylic acids is 1. The number of carboxylic acid groups (broad SMARTS) is 1. The third-order valence-corrected chi connectivity index (χ3v) is 2.82. The topological polar surface area (TPSA) is 64.4 Å². The minimum absolute atomic E-state index is 0.631. The second-order valence-electron chi connectivity index (χ2n) is 4.40. The van der Waals surface area contributed by atoms with Crippen LogP contribution in [0.1, 0.15) is 16.8 Å². The first kappa shape index (κ1) is 13.9. The van der Waals surface area contributed by atoms with E-state index in [9.17, 15) is 4.79 Å². The van der Waals surface area contributed by atoms with E-state index in [1.807, 2.05) is 42.1 Å². The van der Waals surface area contributed by atoms with Gasteiger partial charge in [-0.2, -0.15) is 5.10 Å². The molecule has 104 valence electrons. The van der Waals surface area contributed by atoms with Crippen LogP contribution in [-0.2, 0) is 11.3 Å². The highest BCUT2D eigenvalue weighted by Crippen LogP contribution is 2.21. The van der Waals surface area contributed by atoms with Crippen LogP contribution in [0, 0.1) is 6.92 Å². The third-order valence-electron chi connectivity index (χ3n) is 2.82. The molecular formula is C15H16N2O3. The Kier molecular flexibility index (Phi) is 4.20. The van der Waals surface area contributed by atoms with Gasteiger partial charge in [-0.25, -0.2) is 4.79 Å². The summed E-state index contributed by atoms with van der Waals surface area (Å²) in [5.41, 5.74) is 2.72. The highest BCUT2D eigenvalue weighted by molar-refractivity contribution is 5.85. The van der Waals surface area contributed by atoms with Gasteiger partial charge in [0.1, 0.15) is 5.75 Å². The molecule has 0 spiro atoms. The van der Waals surface area contributed by atoms with Crippen LogP contribution in [0.2, 0.25) is 0 Å². The first-order chi connectivity index (χ1) is 9.58. The molecule has 2 aromatic rings. The number of aromatic nitrogens is 2. The Morgan fingerprint density at radius 1 is 1.45 bits per heavy atom. The van der Waals surface area contributed by atoms with Crippen molar-refractivity contribution in [1.82, 2.24) is 9.78 Å². The molecule has 0 bridgehead atoms. The largest absolute Gasteiger partial charge is 0.496 e. The van der Waals surface area contributed by atoms with Crippen LogP contribution in [-0.4, -0.2) is 28.0 Å². The zero-order valence-electron chi connectivity index (χ0n) is 11.4. The minimum Gasteiger partial charge on any atom is -0.496 e. The van der Waals surface area contributed by atoms with Crippen LogP contribution >= 0.6 is 0 Å². The monoisotopic (exact) mass is 272 g/mol. The number of aryl methyl sites for hydroxylation is 1. The average Bonchev–Trinajstić information content (AvgIpc) is 2.82. The van der Waals surface area contributed by atoms with Crippen molar-refractivity contribution < 1.29 is 14.6 Å². The van der Waals surface area contributed by atoms with Crippen molar-refractivity contribution in [2.45, 2.75) is 13.5 Å². The predicted octanol–water partition coefficient (Wildman–Crippen LogP) is 2.35. The lowest BCUT2D eigenvalue weighted by Gasteiger charge is -2.08. The number of carboxylic acids is 1. The molecular weight excluding hydrogens is 256 g/mol. The summed E-state index contributed by atoms with van der Waals surface area (Å²) in [6.45, 7) is 2.57. The van der Waals surface area contributed by atoms with Crippen LogP contribution in [0.25, 0.3) is 6.08 Å². The molecule has 20 heavy (non-hydrogen) atoms. The van der Waals surface area contributed by atoms with E-state index < -0.39 is 5.97 Å². The number of hydrogen-bond donors (Lipinski definition) is 1. The Labute approximate surface area is 117 Å². The Hall–Kier alpha value is -2.56. The number of rotatable bonds is 5. The maximum Gasteiger partial charge on any atom is 0.328 e. The van der Waals surface area contributed by atoms with Gasteiger partial charge in [0.2, 0.25) is 0 Å². The highest BCUT2D eigenvalue weighted by Gasteiger charge is 2.04. The summed E-state index contributed by atoms with van der Waals surface area (Å²) in [6.07, 6.45) is 4.53. The molecule has 0 radical (unpaired) electrons. The average molecular weight is 272 g/mol. The molecule has 5 nitrogen and oxygen atoms in total. The smallest absolute Gasteiger partial charge is 0.328 e. The molecule has 0 amide bonds. The molecule has 0 unspecified atom stereocenters. The number of nitrogens with zero attached hydrogens (tertiary/aromatic N) is 2. The lowest BCUT2D eigenvalue weighted by molar-refractivity contribution is -0.131. The normalized spacial score (nSPS) is 10.9. The van der Waals surface area contributed by atoms with Crippen molar-refractivity contribution in [1.29, 1.82) is 0 Å². The van der Waals surface area contributed by atoms with E-state index >= 15 is 0 Å². The summed E-state index contributed by atoms with van der Waals surface area (Å²) in [7, 11) is 1.56. The second kappa shape index (κ2) is 6.06. The summed E-state index contributed by atoms with van der Waals surface area (Å²) in [4.78, 5) is 10.6. The van der Waals surface area contributed by atoms with Gasteiger partial charge in [0.05, 0.1) is 19.3 Å². The molecule has 0 saturated heterocycles. The fourth-order valence-electron chi connectivity index (χ4n) is 1.91. The number of hydrogen-bond acceptors (Lipinski definition) is 3. The number of benzene rings is 1. The number of methoxy groups -OCH3 is 1. The minimum atomic E-state index is -0.986. The van der Waals surface area contributed by atoms with E-state index in [-0.39, 0.29) is 0 Å². The van der Waals surface area contributed by atoms with E-state index in [0.717, 1.165) is 22.9 Å². The SMILES string of the molecule is COc1ccc(Cn2ccc(C)n2)cc1C=CC(=O)O. The fourth-order valence-corrected chi connectivity index (χ4v) is 1.91. The lowest BCUT2D eigenvalue weighted by Crippen LogP contribution is -2.01. The molecule has 2 rings (SSSR count). The summed E-state index contributed by atoms with van der Waals surface area (Å²) in [5.74, 6) is -0.344. The van der Waals surface area contributed by atoms with Gasteiger partial charge in [-0.1, -0.05) is 6.07 Å². The highest BCUT2D eigenvalue weighted by atomic mass is 16.5. The summed E-state index contributed by atoms with van der Waals surface area (Å²) < 4.78 is 7.06. The van der Waals surface area contributed by atoms with Crippen molar-refractivity contribution in [3.05, 3.63) is 53.4 Å². The standard InChI is InChI=1S/C15H16N2O3/c1-11-7-8-17(16-11)10-12-3-5-14(20-2)13(9-12)4-6-15(18)19/h3-9H,10H2,1-2H3,(H,18,19). The molecule has 0 aliphatic rings. The molecule has 1 aromatic carbocycles. The van der Waals surface area contributed by atoms with Crippen LogP contribution < -0.4 is 4.74 Å². The molecule has 1 heterocycles. The molecule has 5 heteroatoms. The quantitative estimate of drug-likeness (QED) is 0.848. The van der Waals surface area contributed by atoms with Crippen LogP contribution in [0.3, 0.4) is 0 Å². The van der Waals surface area contributed by atoms with Crippen molar-refractivity contribution in [2.24, 2.45) is 0 Å². The van der Waals surface area contributed by atoms with E-state index in [2.05, 4.69) is 5.10 Å². The first-order valence-electron chi connectivity index (χ1n) is 6.16. The van der Waals surface area contributed by atoms with Gasteiger partial charge >= 0.3 is 5.97 Å². The van der Waals surface area contributed by atoms with Gasteiger partial charge in [0.25, 0.3) is 0 Å². The van der Waals surface area contributed by atoms with Crippen LogP contribution in [0.15, 0.2) is 36.5 Å².